The van der Waals surface area contributed by atoms with E-state index in [1.54, 1.807) is 24.3 Å². The molecule has 0 saturated carbocycles. The van der Waals surface area contributed by atoms with Gasteiger partial charge in [0.1, 0.15) is 11.5 Å². The first-order valence-electron chi connectivity index (χ1n) is 8.87. The molecule has 4 nitrogen and oxygen atoms in total. The van der Waals surface area contributed by atoms with E-state index in [1.165, 1.54) is 12.8 Å². The molecule has 5 heteroatoms. The van der Waals surface area contributed by atoms with Gasteiger partial charge in [0, 0.05) is 17.1 Å². The summed E-state index contributed by atoms with van der Waals surface area (Å²) in [5.41, 5.74) is 0.617. The molecule has 0 bridgehead atoms. The van der Waals surface area contributed by atoms with E-state index in [0.29, 0.717) is 17.1 Å². The number of hydrogen-bond acceptors (Lipinski definition) is 3. The molecular formula is C20H25ClN2O2. The Hall–Kier alpha value is -1.78. The summed E-state index contributed by atoms with van der Waals surface area (Å²) in [4.78, 5) is 14.8. The van der Waals surface area contributed by atoms with Gasteiger partial charge in [-0.2, -0.15) is 0 Å². The predicted molar refractivity (Wildman–Crippen MR) is 99.9 cm³/mol. The highest BCUT2D eigenvalue weighted by Crippen LogP contribution is 2.27. The van der Waals surface area contributed by atoms with Crippen LogP contribution in [0.25, 0.3) is 0 Å². The predicted octanol–water partition coefficient (Wildman–Crippen LogP) is 4.44. The van der Waals surface area contributed by atoms with Crippen LogP contribution in [-0.2, 0) is 0 Å². The number of carbonyl (C=O) groups excluding carboxylic acids is 1. The van der Waals surface area contributed by atoms with Crippen molar-refractivity contribution in [3.8, 4) is 0 Å². The highest BCUT2D eigenvalue weighted by atomic mass is 35.5. The van der Waals surface area contributed by atoms with Crippen molar-refractivity contribution in [3.63, 3.8) is 0 Å². The first kappa shape index (κ1) is 18.0. The third-order valence-electron chi connectivity index (χ3n) is 4.91. The second-order valence-corrected chi connectivity index (χ2v) is 7.34. The number of rotatable bonds is 5. The second-order valence-electron chi connectivity index (χ2n) is 6.90. The lowest BCUT2D eigenvalue weighted by atomic mass is 9.97. The van der Waals surface area contributed by atoms with Gasteiger partial charge in [-0.3, -0.25) is 9.69 Å². The van der Waals surface area contributed by atoms with Crippen LogP contribution in [0.4, 0.5) is 0 Å². The fraction of sp³-hybridized carbons (Fsp3) is 0.450. The number of halogens is 1. The van der Waals surface area contributed by atoms with Crippen LogP contribution in [0.3, 0.4) is 0 Å². The monoisotopic (exact) mass is 360 g/mol. The Labute approximate surface area is 154 Å². The molecule has 2 heterocycles. The average Bonchev–Trinajstić information content (AvgIpc) is 3.03. The highest BCUT2D eigenvalue weighted by molar-refractivity contribution is 6.30. The summed E-state index contributed by atoms with van der Waals surface area (Å²) in [6.07, 6.45) is 2.36. The fourth-order valence-corrected chi connectivity index (χ4v) is 3.40. The van der Waals surface area contributed by atoms with Gasteiger partial charge < -0.3 is 9.73 Å². The van der Waals surface area contributed by atoms with E-state index >= 15 is 0 Å². The summed E-state index contributed by atoms with van der Waals surface area (Å²) in [6, 6.07) is 11.0. The van der Waals surface area contributed by atoms with Gasteiger partial charge >= 0.3 is 0 Å². The largest absolute Gasteiger partial charge is 0.465 e. The number of nitrogens with zero attached hydrogens (tertiary/aromatic N) is 1. The lowest BCUT2D eigenvalue weighted by Crippen LogP contribution is -2.41. The molecule has 1 atom stereocenters. The van der Waals surface area contributed by atoms with Crippen molar-refractivity contribution in [2.75, 3.05) is 19.6 Å². The molecule has 3 rings (SSSR count). The Morgan fingerprint density at radius 2 is 1.92 bits per heavy atom. The Morgan fingerprint density at radius 1 is 1.24 bits per heavy atom. The minimum absolute atomic E-state index is 0.0671. The Bertz CT molecular complexity index is 703. The number of carbonyl (C=O) groups is 1. The molecule has 134 valence electrons. The summed E-state index contributed by atoms with van der Waals surface area (Å²) in [7, 11) is 0. The van der Waals surface area contributed by atoms with E-state index in [4.69, 9.17) is 16.0 Å². The van der Waals surface area contributed by atoms with Crippen molar-refractivity contribution < 1.29 is 9.21 Å². The van der Waals surface area contributed by atoms with Crippen LogP contribution in [0.2, 0.25) is 5.02 Å². The molecule has 1 aromatic heterocycles. The maximum Gasteiger partial charge on any atom is 0.251 e. The molecule has 2 aromatic rings. The normalized spacial score (nSPS) is 17.4. The van der Waals surface area contributed by atoms with Crippen LogP contribution < -0.4 is 5.32 Å². The molecular weight excluding hydrogens is 336 g/mol. The van der Waals surface area contributed by atoms with Crippen molar-refractivity contribution in [3.05, 3.63) is 58.5 Å². The minimum Gasteiger partial charge on any atom is -0.465 e. The zero-order valence-electron chi connectivity index (χ0n) is 14.8. The molecule has 0 unspecified atom stereocenters. The molecule has 1 aromatic carbocycles. The molecule has 0 aliphatic carbocycles. The van der Waals surface area contributed by atoms with Gasteiger partial charge in [-0.1, -0.05) is 18.5 Å². The van der Waals surface area contributed by atoms with Crippen LogP contribution in [0.15, 0.2) is 40.8 Å². The summed E-state index contributed by atoms with van der Waals surface area (Å²) < 4.78 is 5.87. The van der Waals surface area contributed by atoms with E-state index in [9.17, 15) is 4.79 Å². The maximum absolute atomic E-state index is 12.4. The number of nitrogens with one attached hydrogen (secondary N) is 1. The van der Waals surface area contributed by atoms with Gasteiger partial charge in [0.15, 0.2) is 0 Å². The van der Waals surface area contributed by atoms with Crippen molar-refractivity contribution in [2.45, 2.75) is 32.7 Å². The topological polar surface area (TPSA) is 45.5 Å². The SMILES string of the molecule is Cc1ccc([C@H](CNC(=O)c2ccc(Cl)cc2)N2CCC(C)CC2)o1. The summed E-state index contributed by atoms with van der Waals surface area (Å²) >= 11 is 5.89. The van der Waals surface area contributed by atoms with Gasteiger partial charge in [0.05, 0.1) is 6.04 Å². The maximum atomic E-state index is 12.4. The Balaban J connectivity index is 1.69. The molecule has 1 N–H and O–H groups in total. The van der Waals surface area contributed by atoms with E-state index < -0.39 is 0 Å². The van der Waals surface area contributed by atoms with E-state index in [0.717, 1.165) is 30.5 Å². The quantitative estimate of drug-likeness (QED) is 0.857. The van der Waals surface area contributed by atoms with Crippen molar-refractivity contribution in [1.29, 1.82) is 0 Å². The fourth-order valence-electron chi connectivity index (χ4n) is 3.28. The Kier molecular flexibility index (Phi) is 5.82. The highest BCUT2D eigenvalue weighted by Gasteiger charge is 2.27. The molecule has 1 amide bonds. The number of likely N-dealkylation sites (tertiary alicyclic amines) is 1. The van der Waals surface area contributed by atoms with Crippen LogP contribution >= 0.6 is 11.6 Å². The summed E-state index contributed by atoms with van der Waals surface area (Å²) in [6.45, 7) is 6.84. The first-order chi connectivity index (χ1) is 12.0. The van der Waals surface area contributed by atoms with Gasteiger partial charge in [-0.05, 0) is 75.2 Å². The number of aryl methyl sites for hydroxylation is 1. The molecule has 25 heavy (non-hydrogen) atoms. The molecule has 1 aliphatic heterocycles. The lowest BCUT2D eigenvalue weighted by Gasteiger charge is -2.35. The van der Waals surface area contributed by atoms with Gasteiger partial charge in [-0.25, -0.2) is 0 Å². The molecule has 1 fully saturated rings. The summed E-state index contributed by atoms with van der Waals surface area (Å²) in [5.74, 6) is 2.49. The lowest BCUT2D eigenvalue weighted by molar-refractivity contribution is 0.0895. The van der Waals surface area contributed by atoms with Crippen LogP contribution in [-0.4, -0.2) is 30.4 Å². The minimum atomic E-state index is -0.0877. The van der Waals surface area contributed by atoms with Gasteiger partial charge in [-0.15, -0.1) is 0 Å². The second kappa shape index (κ2) is 8.07. The Morgan fingerprint density at radius 3 is 2.52 bits per heavy atom. The number of piperidine rings is 1. The summed E-state index contributed by atoms with van der Waals surface area (Å²) in [5, 5.41) is 3.68. The van der Waals surface area contributed by atoms with E-state index in [-0.39, 0.29) is 11.9 Å². The standard InChI is InChI=1S/C20H25ClN2O2/c1-14-9-11-23(12-10-14)18(19-8-3-15(2)25-19)13-22-20(24)16-4-6-17(21)7-5-16/h3-8,14,18H,9-13H2,1-2H3,(H,22,24)/t18-/m0/s1. The van der Waals surface area contributed by atoms with Crippen LogP contribution in [0.1, 0.15) is 47.7 Å². The first-order valence-corrected chi connectivity index (χ1v) is 9.25. The van der Waals surface area contributed by atoms with Crippen LogP contribution in [0, 0.1) is 12.8 Å². The van der Waals surface area contributed by atoms with E-state index in [1.807, 2.05) is 19.1 Å². The molecule has 1 saturated heterocycles. The van der Waals surface area contributed by atoms with Crippen LogP contribution in [0.5, 0.6) is 0 Å². The third-order valence-corrected chi connectivity index (χ3v) is 5.16. The number of benzene rings is 1. The zero-order valence-corrected chi connectivity index (χ0v) is 15.6. The molecule has 0 spiro atoms. The smallest absolute Gasteiger partial charge is 0.251 e. The molecule has 0 radical (unpaired) electrons. The average molecular weight is 361 g/mol. The third kappa shape index (κ3) is 4.65. The number of hydrogen-bond donors (Lipinski definition) is 1. The number of furan rings is 1. The van der Waals surface area contributed by atoms with Crippen molar-refractivity contribution in [1.82, 2.24) is 10.2 Å². The number of amides is 1. The van der Waals surface area contributed by atoms with Gasteiger partial charge in [0.25, 0.3) is 5.91 Å². The zero-order chi connectivity index (χ0) is 17.8. The van der Waals surface area contributed by atoms with Crippen molar-refractivity contribution in [2.24, 2.45) is 5.92 Å². The van der Waals surface area contributed by atoms with E-state index in [2.05, 4.69) is 17.1 Å². The molecule has 1 aliphatic rings. The van der Waals surface area contributed by atoms with Gasteiger partial charge in [0.2, 0.25) is 0 Å². The van der Waals surface area contributed by atoms with Crippen molar-refractivity contribution >= 4 is 17.5 Å².